The van der Waals surface area contributed by atoms with E-state index in [1.165, 1.54) is 17.9 Å². The van der Waals surface area contributed by atoms with Crippen LogP contribution < -0.4 is 5.56 Å². The normalized spacial score (nSPS) is 10.1. The Bertz CT molecular complexity index is 749. The number of aromatic nitrogens is 1. The van der Waals surface area contributed by atoms with E-state index in [4.69, 9.17) is 9.68 Å². The highest BCUT2D eigenvalue weighted by Gasteiger charge is 2.17. The summed E-state index contributed by atoms with van der Waals surface area (Å²) in [7, 11) is 1.25. The number of hydrogen-bond acceptors (Lipinski definition) is 5. The lowest BCUT2D eigenvalue weighted by Crippen LogP contribution is -2.24. The number of pyridine rings is 1. The summed E-state index contributed by atoms with van der Waals surface area (Å²) in [5.41, 5.74) is 0.834. The van der Waals surface area contributed by atoms with Crippen LogP contribution in [0.3, 0.4) is 0 Å². The number of nitrogens with zero attached hydrogens (tertiary/aromatic N) is 2. The van der Waals surface area contributed by atoms with Crippen molar-refractivity contribution in [2.75, 3.05) is 7.11 Å². The molecule has 0 unspecified atom stereocenters. The second kappa shape index (κ2) is 5.45. The van der Waals surface area contributed by atoms with Crippen LogP contribution in [0, 0.1) is 18.3 Å². The zero-order chi connectivity index (χ0) is 14.7. The Balaban J connectivity index is 2.42. The Morgan fingerprint density at radius 1 is 1.50 bits per heavy atom. The second-order valence-corrected chi connectivity index (χ2v) is 4.19. The highest BCUT2D eigenvalue weighted by atomic mass is 16.5. The zero-order valence-corrected chi connectivity index (χ0v) is 11.0. The van der Waals surface area contributed by atoms with Crippen LogP contribution >= 0.6 is 0 Å². The van der Waals surface area contributed by atoms with Crippen LogP contribution in [0.1, 0.15) is 27.2 Å². The number of carbonyl (C=O) groups is 1. The van der Waals surface area contributed by atoms with Crippen molar-refractivity contribution in [1.29, 1.82) is 5.26 Å². The molecule has 2 heterocycles. The molecule has 0 aromatic carbocycles. The van der Waals surface area contributed by atoms with E-state index in [0.717, 1.165) is 0 Å². The molecule has 0 N–H and O–H groups in total. The molecule has 0 saturated heterocycles. The predicted molar refractivity (Wildman–Crippen MR) is 69.3 cm³/mol. The van der Waals surface area contributed by atoms with Crippen molar-refractivity contribution in [2.45, 2.75) is 13.5 Å². The van der Waals surface area contributed by atoms with Crippen LogP contribution in [0.25, 0.3) is 0 Å². The highest BCUT2D eigenvalue weighted by molar-refractivity contribution is 5.87. The monoisotopic (exact) mass is 272 g/mol. The quantitative estimate of drug-likeness (QED) is 0.789. The fourth-order valence-corrected chi connectivity index (χ4v) is 1.84. The first kappa shape index (κ1) is 13.6. The van der Waals surface area contributed by atoms with Gasteiger partial charge in [-0.3, -0.25) is 4.79 Å². The van der Waals surface area contributed by atoms with E-state index in [9.17, 15) is 9.59 Å². The molecule has 0 aliphatic heterocycles. The van der Waals surface area contributed by atoms with Crippen molar-refractivity contribution >= 4 is 5.97 Å². The number of rotatable bonds is 3. The number of esters is 1. The van der Waals surface area contributed by atoms with E-state index < -0.39 is 11.5 Å². The smallest absolute Gasteiger partial charge is 0.374 e. The molecular formula is C14H12N2O4. The Morgan fingerprint density at radius 2 is 2.25 bits per heavy atom. The largest absolute Gasteiger partial charge is 0.463 e. The summed E-state index contributed by atoms with van der Waals surface area (Å²) in [4.78, 5) is 23.6. The topological polar surface area (TPSA) is 85.2 Å². The summed E-state index contributed by atoms with van der Waals surface area (Å²) in [6.07, 6.45) is 2.93. The van der Waals surface area contributed by atoms with Gasteiger partial charge in [0.05, 0.1) is 19.9 Å². The maximum absolute atomic E-state index is 12.1. The van der Waals surface area contributed by atoms with E-state index in [0.29, 0.717) is 11.1 Å². The fourth-order valence-electron chi connectivity index (χ4n) is 1.84. The van der Waals surface area contributed by atoms with Gasteiger partial charge in [-0.2, -0.15) is 5.26 Å². The third-order valence-corrected chi connectivity index (χ3v) is 2.94. The molecule has 102 valence electrons. The third kappa shape index (κ3) is 2.34. The molecule has 2 aromatic heterocycles. The molecule has 0 saturated carbocycles. The van der Waals surface area contributed by atoms with Gasteiger partial charge in [0.2, 0.25) is 5.76 Å². The summed E-state index contributed by atoms with van der Waals surface area (Å²) < 4.78 is 11.0. The predicted octanol–water partition coefficient (Wildman–Crippen LogP) is 1.46. The van der Waals surface area contributed by atoms with E-state index >= 15 is 0 Å². The molecule has 0 atom stereocenters. The number of carbonyl (C=O) groups excluding carboxylic acids is 1. The second-order valence-electron chi connectivity index (χ2n) is 4.19. The van der Waals surface area contributed by atoms with Gasteiger partial charge in [0.15, 0.2) is 0 Å². The molecule has 0 aliphatic rings. The summed E-state index contributed by atoms with van der Waals surface area (Å²) in [5.74, 6) is -0.552. The number of aryl methyl sites for hydroxylation is 1. The number of nitriles is 1. The first-order valence-corrected chi connectivity index (χ1v) is 5.83. The Labute approximate surface area is 114 Å². The van der Waals surface area contributed by atoms with Gasteiger partial charge >= 0.3 is 5.97 Å². The number of methoxy groups -OCH3 is 1. The summed E-state index contributed by atoms with van der Waals surface area (Å²) in [6, 6.07) is 5.15. The van der Waals surface area contributed by atoms with Crippen LogP contribution in [-0.4, -0.2) is 17.6 Å². The lowest BCUT2D eigenvalue weighted by molar-refractivity contribution is 0.0563. The van der Waals surface area contributed by atoms with Gasteiger partial charge in [-0.25, -0.2) is 4.79 Å². The minimum Gasteiger partial charge on any atom is -0.463 e. The van der Waals surface area contributed by atoms with Crippen LogP contribution in [0.4, 0.5) is 0 Å². The standard InChI is InChI=1S/C14H12N2O4/c1-9-3-5-16(13(17)11(9)7-15)8-10-4-6-20-12(10)14(18)19-2/h3-6H,8H2,1-2H3. The summed E-state index contributed by atoms with van der Waals surface area (Å²) in [6.45, 7) is 1.83. The van der Waals surface area contributed by atoms with Gasteiger partial charge in [0, 0.05) is 11.8 Å². The van der Waals surface area contributed by atoms with Crippen LogP contribution in [0.15, 0.2) is 33.8 Å². The molecule has 6 nitrogen and oxygen atoms in total. The van der Waals surface area contributed by atoms with Gasteiger partial charge in [-0.1, -0.05) is 0 Å². The number of ether oxygens (including phenoxy) is 1. The average molecular weight is 272 g/mol. The molecule has 2 rings (SSSR count). The van der Waals surface area contributed by atoms with E-state index in [-0.39, 0.29) is 17.9 Å². The Kier molecular flexibility index (Phi) is 3.71. The number of furan rings is 1. The number of hydrogen-bond donors (Lipinski definition) is 0. The third-order valence-electron chi connectivity index (χ3n) is 2.94. The lowest BCUT2D eigenvalue weighted by Gasteiger charge is -2.07. The summed E-state index contributed by atoms with van der Waals surface area (Å²) in [5, 5.41) is 8.97. The van der Waals surface area contributed by atoms with Gasteiger partial charge in [0.25, 0.3) is 5.56 Å². The Morgan fingerprint density at radius 3 is 2.90 bits per heavy atom. The van der Waals surface area contributed by atoms with Crippen LogP contribution in [0.5, 0.6) is 0 Å². The SMILES string of the molecule is COC(=O)c1occc1Cn1ccc(C)c(C#N)c1=O. The summed E-state index contributed by atoms with van der Waals surface area (Å²) >= 11 is 0. The lowest BCUT2D eigenvalue weighted by atomic mass is 10.1. The van der Waals surface area contributed by atoms with Crippen molar-refractivity contribution in [1.82, 2.24) is 4.57 Å². The molecule has 0 amide bonds. The maximum atomic E-state index is 12.1. The molecule has 0 bridgehead atoms. The molecule has 2 aromatic rings. The van der Waals surface area contributed by atoms with E-state index in [1.54, 1.807) is 25.3 Å². The zero-order valence-electron chi connectivity index (χ0n) is 11.0. The first-order valence-electron chi connectivity index (χ1n) is 5.83. The van der Waals surface area contributed by atoms with Crippen molar-refractivity contribution < 1.29 is 13.9 Å². The van der Waals surface area contributed by atoms with Crippen molar-refractivity contribution in [3.05, 3.63) is 57.4 Å². The van der Waals surface area contributed by atoms with Crippen LogP contribution in [-0.2, 0) is 11.3 Å². The highest BCUT2D eigenvalue weighted by Crippen LogP contribution is 2.13. The van der Waals surface area contributed by atoms with E-state index in [2.05, 4.69) is 4.74 Å². The van der Waals surface area contributed by atoms with Crippen molar-refractivity contribution in [3.8, 4) is 6.07 Å². The van der Waals surface area contributed by atoms with Gasteiger partial charge in [-0.15, -0.1) is 0 Å². The average Bonchev–Trinajstić information content (AvgIpc) is 2.90. The molecule has 0 fully saturated rings. The fraction of sp³-hybridized carbons (Fsp3) is 0.214. The van der Waals surface area contributed by atoms with Crippen molar-refractivity contribution in [3.63, 3.8) is 0 Å². The minimum atomic E-state index is -0.606. The Hall–Kier alpha value is -2.81. The molecule has 0 aliphatic carbocycles. The first-order chi connectivity index (χ1) is 9.58. The molecule has 0 radical (unpaired) electrons. The molecule has 0 spiro atoms. The van der Waals surface area contributed by atoms with E-state index in [1.807, 2.05) is 6.07 Å². The van der Waals surface area contributed by atoms with Gasteiger partial charge in [0.1, 0.15) is 11.6 Å². The van der Waals surface area contributed by atoms with Gasteiger partial charge in [-0.05, 0) is 24.6 Å². The van der Waals surface area contributed by atoms with Gasteiger partial charge < -0.3 is 13.7 Å². The minimum absolute atomic E-state index is 0.0542. The molecular weight excluding hydrogens is 260 g/mol. The van der Waals surface area contributed by atoms with Crippen molar-refractivity contribution in [2.24, 2.45) is 0 Å². The van der Waals surface area contributed by atoms with Crippen LogP contribution in [0.2, 0.25) is 0 Å². The maximum Gasteiger partial charge on any atom is 0.374 e. The molecule has 20 heavy (non-hydrogen) atoms. The molecule has 6 heteroatoms.